The summed E-state index contributed by atoms with van der Waals surface area (Å²) >= 11 is 0. The van der Waals surface area contributed by atoms with Crippen molar-refractivity contribution in [1.29, 1.82) is 0 Å². The average Bonchev–Trinajstić information content (AvgIpc) is 3.47. The second-order valence-corrected chi connectivity index (χ2v) is 6.88. The lowest BCUT2D eigenvalue weighted by Crippen LogP contribution is -2.49. The number of nitrogens with one attached hydrogen (secondary N) is 2. The van der Waals surface area contributed by atoms with Crippen LogP contribution in [0.3, 0.4) is 0 Å². The maximum atomic E-state index is 12.3. The van der Waals surface area contributed by atoms with E-state index in [9.17, 15) is 9.59 Å². The van der Waals surface area contributed by atoms with Gasteiger partial charge >= 0.3 is 0 Å². The number of piperazine rings is 1. The summed E-state index contributed by atoms with van der Waals surface area (Å²) in [5.41, 5.74) is 1.21. The highest BCUT2D eigenvalue weighted by atomic mass is 35.5. The molecule has 152 valence electrons. The Labute approximate surface area is 173 Å². The van der Waals surface area contributed by atoms with Gasteiger partial charge in [-0.25, -0.2) is 0 Å². The molecule has 2 N–H and O–H groups in total. The topological polar surface area (TPSA) is 64.7 Å². The van der Waals surface area contributed by atoms with Crippen LogP contribution in [0, 0.1) is 5.92 Å². The quantitative estimate of drug-likeness (QED) is 0.676. The van der Waals surface area contributed by atoms with E-state index in [0.29, 0.717) is 19.5 Å². The Morgan fingerprint density at radius 1 is 1.00 bits per heavy atom. The second kappa shape index (κ2) is 12.1. The predicted octanol–water partition coefficient (Wildman–Crippen LogP) is 1.68. The summed E-state index contributed by atoms with van der Waals surface area (Å²) in [4.78, 5) is 28.2. The van der Waals surface area contributed by atoms with E-state index < -0.39 is 0 Å². The van der Waals surface area contributed by atoms with Gasteiger partial charge in [-0.2, -0.15) is 0 Å². The van der Waals surface area contributed by atoms with Crippen molar-refractivity contribution in [2.24, 2.45) is 5.92 Å². The first-order chi connectivity index (χ1) is 12.2. The van der Waals surface area contributed by atoms with Gasteiger partial charge in [0.05, 0.1) is 6.54 Å². The SMILES string of the molecule is Cl.Cl.O=C(CNCC1CC1)NCCC(=O)N1CCN(c2ccccc2)CC1. The fourth-order valence-corrected chi connectivity index (χ4v) is 3.09. The number of hydrogen-bond donors (Lipinski definition) is 2. The second-order valence-electron chi connectivity index (χ2n) is 6.88. The fraction of sp³-hybridized carbons (Fsp3) is 0.579. The highest BCUT2D eigenvalue weighted by molar-refractivity contribution is 5.85. The summed E-state index contributed by atoms with van der Waals surface area (Å²) in [5, 5.41) is 5.98. The molecular formula is C19H30Cl2N4O2. The number of carbonyl (C=O) groups excluding carboxylic acids is 2. The predicted molar refractivity (Wildman–Crippen MR) is 113 cm³/mol. The van der Waals surface area contributed by atoms with Crippen LogP contribution in [-0.2, 0) is 9.59 Å². The molecule has 1 saturated heterocycles. The van der Waals surface area contributed by atoms with Gasteiger partial charge in [0.2, 0.25) is 11.8 Å². The van der Waals surface area contributed by atoms with Crippen LogP contribution >= 0.6 is 24.8 Å². The van der Waals surface area contributed by atoms with Crippen molar-refractivity contribution in [3.8, 4) is 0 Å². The van der Waals surface area contributed by atoms with E-state index in [-0.39, 0.29) is 36.6 Å². The molecule has 1 saturated carbocycles. The summed E-state index contributed by atoms with van der Waals surface area (Å²) in [6, 6.07) is 10.3. The van der Waals surface area contributed by atoms with E-state index in [1.54, 1.807) is 0 Å². The molecule has 0 spiro atoms. The Kier molecular flexibility index (Phi) is 10.5. The molecule has 8 heteroatoms. The largest absolute Gasteiger partial charge is 0.368 e. The minimum atomic E-state index is -0.0256. The van der Waals surface area contributed by atoms with E-state index in [2.05, 4.69) is 27.7 Å². The van der Waals surface area contributed by atoms with Crippen LogP contribution in [0.4, 0.5) is 5.69 Å². The molecule has 0 aromatic heterocycles. The molecule has 0 atom stereocenters. The summed E-state index contributed by atoms with van der Waals surface area (Å²) in [5.74, 6) is 0.866. The Hall–Kier alpha value is -1.50. The number of nitrogens with zero attached hydrogens (tertiary/aromatic N) is 2. The molecule has 2 amide bonds. The third-order valence-electron chi connectivity index (χ3n) is 4.83. The third-order valence-corrected chi connectivity index (χ3v) is 4.83. The monoisotopic (exact) mass is 416 g/mol. The molecule has 0 bridgehead atoms. The number of halogens is 2. The van der Waals surface area contributed by atoms with Gasteiger partial charge in [-0.3, -0.25) is 9.59 Å². The number of carbonyl (C=O) groups is 2. The lowest BCUT2D eigenvalue weighted by Gasteiger charge is -2.36. The van der Waals surface area contributed by atoms with Gasteiger partial charge in [0, 0.05) is 44.8 Å². The van der Waals surface area contributed by atoms with Crippen LogP contribution in [-0.4, -0.2) is 62.5 Å². The highest BCUT2D eigenvalue weighted by Gasteiger charge is 2.22. The first-order valence-electron chi connectivity index (χ1n) is 9.27. The van der Waals surface area contributed by atoms with Crippen molar-refractivity contribution >= 4 is 42.3 Å². The Balaban J connectivity index is 0.00000182. The zero-order chi connectivity index (χ0) is 17.5. The molecular weight excluding hydrogens is 387 g/mol. The molecule has 1 aliphatic heterocycles. The van der Waals surface area contributed by atoms with Crippen LogP contribution in [0.15, 0.2) is 30.3 Å². The van der Waals surface area contributed by atoms with Crippen LogP contribution in [0.2, 0.25) is 0 Å². The smallest absolute Gasteiger partial charge is 0.233 e. The average molecular weight is 417 g/mol. The molecule has 1 aliphatic carbocycles. The van der Waals surface area contributed by atoms with Gasteiger partial charge in [-0.05, 0) is 37.4 Å². The maximum absolute atomic E-state index is 12.3. The molecule has 6 nitrogen and oxygen atoms in total. The summed E-state index contributed by atoms with van der Waals surface area (Å²) in [6.45, 7) is 4.88. The summed E-state index contributed by atoms with van der Waals surface area (Å²) in [7, 11) is 0. The normalized spacial score (nSPS) is 16.1. The van der Waals surface area contributed by atoms with Gasteiger partial charge in [-0.15, -0.1) is 24.8 Å². The minimum Gasteiger partial charge on any atom is -0.368 e. The van der Waals surface area contributed by atoms with Crippen molar-refractivity contribution in [2.45, 2.75) is 19.3 Å². The first kappa shape index (κ1) is 23.5. The molecule has 2 fully saturated rings. The molecule has 2 aliphatic rings. The zero-order valence-electron chi connectivity index (χ0n) is 15.6. The zero-order valence-corrected chi connectivity index (χ0v) is 17.2. The third kappa shape index (κ3) is 7.95. The van der Waals surface area contributed by atoms with Gasteiger partial charge < -0.3 is 20.4 Å². The van der Waals surface area contributed by atoms with Crippen molar-refractivity contribution in [1.82, 2.24) is 15.5 Å². The minimum absolute atomic E-state index is 0. The Bertz CT molecular complexity index is 576. The standard InChI is InChI=1S/C19H28N4O2.2ClH/c24-18(15-20-14-16-6-7-16)21-9-8-19(25)23-12-10-22(11-13-23)17-4-2-1-3-5-17;;/h1-5,16,20H,6-15H2,(H,21,24);2*1H. The molecule has 1 heterocycles. The van der Waals surface area contributed by atoms with Gasteiger partial charge in [-0.1, -0.05) is 18.2 Å². The fourth-order valence-electron chi connectivity index (χ4n) is 3.09. The van der Waals surface area contributed by atoms with E-state index in [4.69, 9.17) is 0 Å². The molecule has 1 aromatic carbocycles. The lowest BCUT2D eigenvalue weighted by atomic mass is 10.2. The number of benzene rings is 1. The number of rotatable bonds is 8. The molecule has 3 rings (SSSR count). The summed E-state index contributed by atoms with van der Waals surface area (Å²) < 4.78 is 0. The highest BCUT2D eigenvalue weighted by Crippen LogP contribution is 2.27. The molecule has 27 heavy (non-hydrogen) atoms. The van der Waals surface area contributed by atoms with Crippen molar-refractivity contribution in [3.05, 3.63) is 30.3 Å². The number of amides is 2. The van der Waals surface area contributed by atoms with Crippen molar-refractivity contribution in [2.75, 3.05) is 50.7 Å². The van der Waals surface area contributed by atoms with E-state index in [1.807, 2.05) is 23.1 Å². The lowest BCUT2D eigenvalue weighted by molar-refractivity contribution is -0.131. The molecule has 1 aromatic rings. The molecule has 0 unspecified atom stereocenters. The van der Waals surface area contributed by atoms with Gasteiger partial charge in [0.25, 0.3) is 0 Å². The maximum Gasteiger partial charge on any atom is 0.233 e. The van der Waals surface area contributed by atoms with Crippen molar-refractivity contribution in [3.63, 3.8) is 0 Å². The van der Waals surface area contributed by atoms with Gasteiger partial charge in [0.15, 0.2) is 0 Å². The van der Waals surface area contributed by atoms with E-state index >= 15 is 0 Å². The number of anilines is 1. The van der Waals surface area contributed by atoms with E-state index in [1.165, 1.54) is 18.5 Å². The number of hydrogen-bond acceptors (Lipinski definition) is 4. The molecule has 0 radical (unpaired) electrons. The summed E-state index contributed by atoms with van der Waals surface area (Å²) in [6.07, 6.45) is 2.93. The van der Waals surface area contributed by atoms with Crippen molar-refractivity contribution < 1.29 is 9.59 Å². The Morgan fingerprint density at radius 3 is 2.30 bits per heavy atom. The van der Waals surface area contributed by atoms with Crippen LogP contribution in [0.25, 0.3) is 0 Å². The van der Waals surface area contributed by atoms with Crippen LogP contribution in [0.5, 0.6) is 0 Å². The van der Waals surface area contributed by atoms with E-state index in [0.717, 1.165) is 38.6 Å². The van der Waals surface area contributed by atoms with Crippen LogP contribution < -0.4 is 15.5 Å². The van der Waals surface area contributed by atoms with Crippen LogP contribution in [0.1, 0.15) is 19.3 Å². The Morgan fingerprint density at radius 2 is 1.67 bits per heavy atom. The van der Waals surface area contributed by atoms with Gasteiger partial charge in [0.1, 0.15) is 0 Å². The first-order valence-corrected chi connectivity index (χ1v) is 9.27. The number of para-hydroxylation sites is 1.